The fraction of sp³-hybridized carbons (Fsp3) is 0.278. The predicted octanol–water partition coefficient (Wildman–Crippen LogP) is 4.84. The molecule has 4 nitrogen and oxygen atoms in total. The highest BCUT2D eigenvalue weighted by atomic mass is 32.2. The molecule has 1 aliphatic rings. The van der Waals surface area contributed by atoms with E-state index < -0.39 is 27.8 Å². The van der Waals surface area contributed by atoms with Gasteiger partial charge in [0.1, 0.15) is 5.01 Å². The molecular weight excluding hydrogens is 397 g/mol. The Labute approximate surface area is 158 Å². The van der Waals surface area contributed by atoms with Crippen LogP contribution in [0.3, 0.4) is 0 Å². The van der Waals surface area contributed by atoms with Crippen LogP contribution in [0.4, 0.5) is 13.2 Å². The second kappa shape index (κ2) is 6.57. The molecule has 0 amide bonds. The summed E-state index contributed by atoms with van der Waals surface area (Å²) in [4.78, 5) is 4.43. The molecule has 1 atom stereocenters. The van der Waals surface area contributed by atoms with Gasteiger partial charge in [-0.1, -0.05) is 12.1 Å². The number of alkyl halides is 3. The molecule has 2 aromatic carbocycles. The van der Waals surface area contributed by atoms with Gasteiger partial charge in [0.05, 0.1) is 26.7 Å². The number of benzene rings is 2. The standard InChI is InChI=1S/C18H15F3N2O2S2/c19-18(20,21)12-7-9-13(10-8-12)27(24,25)23-11-3-5-15(23)17-22-14-4-1-2-6-16(14)26-17/h1-2,4,6-10,15H,3,5,11H2. The van der Waals surface area contributed by atoms with E-state index in [0.29, 0.717) is 24.4 Å². The first-order chi connectivity index (χ1) is 12.8. The third-order valence-corrected chi connectivity index (χ3v) is 7.65. The van der Waals surface area contributed by atoms with Crippen LogP contribution in [0, 0.1) is 0 Å². The summed E-state index contributed by atoms with van der Waals surface area (Å²) in [5.74, 6) is 0. The van der Waals surface area contributed by atoms with Crippen molar-refractivity contribution in [3.05, 3.63) is 59.1 Å². The molecule has 9 heteroatoms. The van der Waals surface area contributed by atoms with Gasteiger partial charge in [-0.3, -0.25) is 0 Å². The van der Waals surface area contributed by atoms with Crippen LogP contribution in [-0.2, 0) is 16.2 Å². The zero-order valence-corrected chi connectivity index (χ0v) is 15.6. The van der Waals surface area contributed by atoms with Gasteiger partial charge in [0.15, 0.2) is 0 Å². The Hall–Kier alpha value is -1.97. The van der Waals surface area contributed by atoms with Crippen LogP contribution in [0.15, 0.2) is 53.4 Å². The lowest BCUT2D eigenvalue weighted by atomic mass is 10.2. The molecule has 0 N–H and O–H groups in total. The van der Waals surface area contributed by atoms with Crippen molar-refractivity contribution in [1.82, 2.24) is 9.29 Å². The Balaban J connectivity index is 1.68. The van der Waals surface area contributed by atoms with E-state index in [9.17, 15) is 21.6 Å². The second-order valence-corrected chi connectivity index (χ2v) is 9.27. The molecule has 3 aromatic rings. The molecule has 27 heavy (non-hydrogen) atoms. The van der Waals surface area contributed by atoms with Crippen LogP contribution in [0.5, 0.6) is 0 Å². The molecule has 4 rings (SSSR count). The molecule has 0 bridgehead atoms. The van der Waals surface area contributed by atoms with Crippen molar-refractivity contribution in [2.24, 2.45) is 0 Å². The van der Waals surface area contributed by atoms with Gasteiger partial charge in [0.2, 0.25) is 10.0 Å². The first kappa shape index (κ1) is 18.4. The fourth-order valence-electron chi connectivity index (χ4n) is 3.26. The molecule has 0 saturated carbocycles. The van der Waals surface area contributed by atoms with Crippen LogP contribution >= 0.6 is 11.3 Å². The van der Waals surface area contributed by atoms with Crippen LogP contribution in [0.2, 0.25) is 0 Å². The summed E-state index contributed by atoms with van der Waals surface area (Å²) in [7, 11) is -3.90. The average molecular weight is 412 g/mol. The highest BCUT2D eigenvalue weighted by Crippen LogP contribution is 2.40. The Morgan fingerprint density at radius 1 is 1.07 bits per heavy atom. The van der Waals surface area contributed by atoms with Crippen molar-refractivity contribution in [2.75, 3.05) is 6.54 Å². The normalized spacial score (nSPS) is 19.0. The molecule has 1 aromatic heterocycles. The van der Waals surface area contributed by atoms with Gasteiger partial charge in [-0.15, -0.1) is 11.3 Å². The molecule has 1 unspecified atom stereocenters. The first-order valence-corrected chi connectivity index (χ1v) is 10.6. The van der Waals surface area contributed by atoms with Crippen molar-refractivity contribution in [3.63, 3.8) is 0 Å². The predicted molar refractivity (Wildman–Crippen MR) is 96.9 cm³/mol. The summed E-state index contributed by atoms with van der Waals surface area (Å²) in [6, 6.07) is 10.8. The summed E-state index contributed by atoms with van der Waals surface area (Å²) < 4.78 is 66.6. The van der Waals surface area contributed by atoms with Crippen LogP contribution in [-0.4, -0.2) is 24.3 Å². The maximum absolute atomic E-state index is 13.0. The van der Waals surface area contributed by atoms with Crippen molar-refractivity contribution in [2.45, 2.75) is 30.0 Å². The fourth-order valence-corrected chi connectivity index (χ4v) is 6.10. The van der Waals surface area contributed by atoms with E-state index >= 15 is 0 Å². The number of rotatable bonds is 3. The van der Waals surface area contributed by atoms with Crippen LogP contribution < -0.4 is 0 Å². The molecule has 142 valence electrons. The minimum atomic E-state index is -4.50. The molecular formula is C18H15F3N2O2S2. The number of hydrogen-bond donors (Lipinski definition) is 0. The van der Waals surface area contributed by atoms with Gasteiger partial charge in [0.25, 0.3) is 0 Å². The highest BCUT2D eigenvalue weighted by molar-refractivity contribution is 7.89. The summed E-state index contributed by atoms with van der Waals surface area (Å²) in [6.07, 6.45) is -3.18. The van der Waals surface area contributed by atoms with Gasteiger partial charge in [-0.05, 0) is 49.2 Å². The first-order valence-electron chi connectivity index (χ1n) is 8.31. The molecule has 1 fully saturated rings. The number of aromatic nitrogens is 1. The molecule has 1 saturated heterocycles. The Bertz CT molecular complexity index is 1040. The number of sulfonamides is 1. The summed E-state index contributed by atoms with van der Waals surface area (Å²) >= 11 is 1.45. The highest BCUT2D eigenvalue weighted by Gasteiger charge is 2.38. The van der Waals surface area contributed by atoms with Crippen LogP contribution in [0.1, 0.15) is 29.5 Å². The van der Waals surface area contributed by atoms with Gasteiger partial charge >= 0.3 is 6.18 Å². The van der Waals surface area contributed by atoms with E-state index in [1.165, 1.54) is 15.6 Å². The van der Waals surface area contributed by atoms with E-state index in [-0.39, 0.29) is 4.90 Å². The molecule has 0 spiro atoms. The zero-order valence-electron chi connectivity index (χ0n) is 14.0. The SMILES string of the molecule is O=S(=O)(c1ccc(C(F)(F)F)cc1)N1CCCC1c1nc2ccccc2s1. The van der Waals surface area contributed by atoms with Gasteiger partial charge in [0, 0.05) is 6.54 Å². The van der Waals surface area contributed by atoms with Gasteiger partial charge in [-0.2, -0.15) is 17.5 Å². The molecule has 0 radical (unpaired) electrons. The zero-order chi connectivity index (χ0) is 19.2. The minimum absolute atomic E-state index is 0.136. The summed E-state index contributed by atoms with van der Waals surface area (Å²) in [6.45, 7) is 0.323. The lowest BCUT2D eigenvalue weighted by Crippen LogP contribution is -2.30. The lowest BCUT2D eigenvalue weighted by Gasteiger charge is -2.22. The van der Waals surface area contributed by atoms with Crippen molar-refractivity contribution >= 4 is 31.6 Å². The third kappa shape index (κ3) is 3.35. The maximum Gasteiger partial charge on any atom is 0.416 e. The number of fused-ring (bicyclic) bond motifs is 1. The topological polar surface area (TPSA) is 50.3 Å². The number of halogens is 3. The van der Waals surface area contributed by atoms with Crippen molar-refractivity contribution in [3.8, 4) is 0 Å². The van der Waals surface area contributed by atoms with E-state index in [1.807, 2.05) is 24.3 Å². The molecule has 0 aliphatic carbocycles. The largest absolute Gasteiger partial charge is 0.416 e. The van der Waals surface area contributed by atoms with Gasteiger partial charge in [-0.25, -0.2) is 13.4 Å². The molecule has 2 heterocycles. The summed E-state index contributed by atoms with van der Waals surface area (Å²) in [5, 5.41) is 0.712. The number of para-hydroxylation sites is 1. The number of nitrogens with zero attached hydrogens (tertiary/aromatic N) is 2. The second-order valence-electron chi connectivity index (χ2n) is 6.32. The average Bonchev–Trinajstić information content (AvgIpc) is 3.28. The Kier molecular flexibility index (Phi) is 4.48. The smallest absolute Gasteiger partial charge is 0.239 e. The third-order valence-electron chi connectivity index (χ3n) is 4.59. The van der Waals surface area contributed by atoms with Crippen molar-refractivity contribution in [1.29, 1.82) is 0 Å². The number of thiazole rings is 1. The molecule has 1 aliphatic heterocycles. The van der Waals surface area contributed by atoms with E-state index in [4.69, 9.17) is 0 Å². The van der Waals surface area contributed by atoms with Crippen LogP contribution in [0.25, 0.3) is 10.2 Å². The maximum atomic E-state index is 13.0. The Morgan fingerprint density at radius 2 is 1.78 bits per heavy atom. The van der Waals surface area contributed by atoms with Gasteiger partial charge < -0.3 is 0 Å². The number of hydrogen-bond acceptors (Lipinski definition) is 4. The summed E-state index contributed by atoms with van der Waals surface area (Å²) in [5.41, 5.74) is -0.0538. The quantitative estimate of drug-likeness (QED) is 0.619. The van der Waals surface area contributed by atoms with E-state index in [1.54, 1.807) is 0 Å². The lowest BCUT2D eigenvalue weighted by molar-refractivity contribution is -0.137. The van der Waals surface area contributed by atoms with Crippen molar-refractivity contribution < 1.29 is 21.6 Å². The van der Waals surface area contributed by atoms with E-state index in [0.717, 1.165) is 34.5 Å². The Morgan fingerprint density at radius 3 is 2.44 bits per heavy atom. The van der Waals surface area contributed by atoms with E-state index in [2.05, 4.69) is 4.98 Å². The minimum Gasteiger partial charge on any atom is -0.239 e. The monoisotopic (exact) mass is 412 g/mol.